The molecular formula is C24H20FN5O2S. The van der Waals surface area contributed by atoms with Crippen molar-refractivity contribution in [2.24, 2.45) is 0 Å². The Labute approximate surface area is 193 Å². The topological polar surface area (TPSA) is 81.0 Å². The van der Waals surface area contributed by atoms with Gasteiger partial charge >= 0.3 is 0 Å². The highest BCUT2D eigenvalue weighted by molar-refractivity contribution is 8.00. The minimum absolute atomic E-state index is 0.256. The molecule has 33 heavy (non-hydrogen) atoms. The summed E-state index contributed by atoms with van der Waals surface area (Å²) in [7, 11) is 0. The molecule has 2 amide bonds. The smallest absolute Gasteiger partial charge is 0.260 e. The molecule has 1 unspecified atom stereocenters. The maximum atomic E-state index is 13.3. The van der Waals surface area contributed by atoms with Crippen molar-refractivity contribution in [2.75, 3.05) is 6.54 Å². The molecule has 9 heteroatoms. The number of imide groups is 1. The van der Waals surface area contributed by atoms with Crippen LogP contribution in [0.15, 0.2) is 72.1 Å². The molecule has 0 aliphatic carbocycles. The molecule has 5 rings (SSSR count). The number of rotatable bonds is 4. The van der Waals surface area contributed by atoms with Crippen molar-refractivity contribution in [3.8, 4) is 5.69 Å². The minimum Gasteiger partial charge on any atom is -0.278 e. The molecule has 0 bridgehead atoms. The summed E-state index contributed by atoms with van der Waals surface area (Å²) in [5.74, 6) is -1.09. The van der Waals surface area contributed by atoms with Crippen LogP contribution in [0.3, 0.4) is 0 Å². The van der Waals surface area contributed by atoms with Gasteiger partial charge in [-0.05, 0) is 49.2 Å². The Kier molecular flexibility index (Phi) is 5.87. The van der Waals surface area contributed by atoms with E-state index in [9.17, 15) is 14.0 Å². The fourth-order valence-corrected chi connectivity index (χ4v) is 5.04. The average Bonchev–Trinajstić information content (AvgIpc) is 3.20. The fraction of sp³-hybridized carbons (Fsp3) is 0.208. The number of nitrogens with zero attached hydrogens (tertiary/aromatic N) is 5. The molecule has 1 aliphatic rings. The van der Waals surface area contributed by atoms with E-state index in [2.05, 4.69) is 15.1 Å². The maximum Gasteiger partial charge on any atom is 0.260 e. The third kappa shape index (κ3) is 4.23. The third-order valence-corrected chi connectivity index (χ3v) is 6.83. The molecule has 3 heterocycles. The Morgan fingerprint density at radius 2 is 1.82 bits per heavy atom. The Morgan fingerprint density at radius 3 is 2.61 bits per heavy atom. The average molecular weight is 462 g/mol. The Hall–Kier alpha value is -3.59. The van der Waals surface area contributed by atoms with Crippen molar-refractivity contribution in [1.82, 2.24) is 24.6 Å². The van der Waals surface area contributed by atoms with Crippen LogP contribution in [-0.4, -0.2) is 48.3 Å². The number of aromatic nitrogens is 4. The molecule has 2 aromatic carbocycles. The van der Waals surface area contributed by atoms with Crippen LogP contribution in [0.5, 0.6) is 0 Å². The maximum absolute atomic E-state index is 13.3. The van der Waals surface area contributed by atoms with Crippen molar-refractivity contribution in [3.63, 3.8) is 0 Å². The van der Waals surface area contributed by atoms with E-state index in [4.69, 9.17) is 0 Å². The summed E-state index contributed by atoms with van der Waals surface area (Å²) in [6.07, 6.45) is 5.34. The lowest BCUT2D eigenvalue weighted by molar-refractivity contribution is -0.127. The van der Waals surface area contributed by atoms with Gasteiger partial charge in [-0.2, -0.15) is 5.10 Å². The van der Waals surface area contributed by atoms with Crippen LogP contribution >= 0.6 is 11.8 Å². The van der Waals surface area contributed by atoms with E-state index in [1.54, 1.807) is 10.9 Å². The van der Waals surface area contributed by atoms with Gasteiger partial charge in [0.2, 0.25) is 5.91 Å². The number of benzene rings is 2. The second-order valence-corrected chi connectivity index (χ2v) is 8.90. The number of likely N-dealkylation sites (tertiary alicyclic amines) is 1. The quantitative estimate of drug-likeness (QED) is 0.334. The largest absolute Gasteiger partial charge is 0.278 e. The monoisotopic (exact) mass is 461 g/mol. The molecule has 1 fully saturated rings. The Bertz CT molecular complexity index is 1310. The van der Waals surface area contributed by atoms with E-state index >= 15 is 0 Å². The number of amides is 2. The van der Waals surface area contributed by atoms with Crippen molar-refractivity contribution >= 4 is 34.6 Å². The lowest BCUT2D eigenvalue weighted by atomic mass is 10.2. The zero-order chi connectivity index (χ0) is 22.8. The van der Waals surface area contributed by atoms with Gasteiger partial charge < -0.3 is 0 Å². The van der Waals surface area contributed by atoms with Crippen LogP contribution < -0.4 is 0 Å². The van der Waals surface area contributed by atoms with E-state index in [1.807, 2.05) is 30.3 Å². The zero-order valence-corrected chi connectivity index (χ0v) is 18.4. The SMILES string of the molecule is O=C(c1ccc(F)cc1)N1CCCCC(Sc2ncnc3c2cnn3-c2ccccc2)C1=O. The predicted octanol–water partition coefficient (Wildman–Crippen LogP) is 4.27. The van der Waals surface area contributed by atoms with Crippen LogP contribution in [-0.2, 0) is 4.79 Å². The molecule has 1 saturated heterocycles. The zero-order valence-electron chi connectivity index (χ0n) is 17.6. The Balaban J connectivity index is 1.42. The molecule has 1 atom stereocenters. The van der Waals surface area contributed by atoms with Gasteiger partial charge in [0.05, 0.1) is 22.5 Å². The van der Waals surface area contributed by atoms with E-state index in [0.717, 1.165) is 23.9 Å². The van der Waals surface area contributed by atoms with Gasteiger partial charge in [0.25, 0.3) is 5.91 Å². The van der Waals surface area contributed by atoms with Gasteiger partial charge in [-0.25, -0.2) is 19.0 Å². The van der Waals surface area contributed by atoms with Crippen molar-refractivity contribution in [2.45, 2.75) is 29.5 Å². The van der Waals surface area contributed by atoms with Gasteiger partial charge in [-0.1, -0.05) is 36.4 Å². The second kappa shape index (κ2) is 9.11. The second-order valence-electron chi connectivity index (χ2n) is 7.71. The van der Waals surface area contributed by atoms with Gasteiger partial charge in [-0.3, -0.25) is 14.5 Å². The first-order chi connectivity index (χ1) is 16.1. The summed E-state index contributed by atoms with van der Waals surface area (Å²) in [6.45, 7) is 0.344. The van der Waals surface area contributed by atoms with Crippen molar-refractivity contribution < 1.29 is 14.0 Å². The molecule has 166 valence electrons. The highest BCUT2D eigenvalue weighted by atomic mass is 32.2. The minimum atomic E-state index is -0.463. The third-order valence-electron chi connectivity index (χ3n) is 5.56. The first-order valence-electron chi connectivity index (χ1n) is 10.6. The van der Waals surface area contributed by atoms with E-state index in [-0.39, 0.29) is 5.91 Å². The highest BCUT2D eigenvalue weighted by Crippen LogP contribution is 2.33. The van der Waals surface area contributed by atoms with Gasteiger partial charge in [-0.15, -0.1) is 0 Å². The number of hydrogen-bond donors (Lipinski definition) is 0. The number of carbonyl (C=O) groups is 2. The summed E-state index contributed by atoms with van der Waals surface area (Å²) in [5.41, 5.74) is 1.83. The Morgan fingerprint density at radius 1 is 1.03 bits per heavy atom. The lowest BCUT2D eigenvalue weighted by Crippen LogP contribution is -2.41. The predicted molar refractivity (Wildman–Crippen MR) is 123 cm³/mol. The van der Waals surface area contributed by atoms with Crippen molar-refractivity contribution in [3.05, 3.63) is 78.5 Å². The summed E-state index contributed by atoms with van der Waals surface area (Å²) in [5, 5.41) is 5.40. The van der Waals surface area contributed by atoms with E-state index < -0.39 is 17.0 Å². The van der Waals surface area contributed by atoms with Gasteiger partial charge in [0.1, 0.15) is 17.2 Å². The van der Waals surface area contributed by atoms with Crippen LogP contribution in [0.2, 0.25) is 0 Å². The standard InChI is InChI=1S/C24H20FN5O2S/c25-17-11-9-16(10-12-17)23(31)29-13-5-4-8-20(24(29)32)33-22-19-14-28-30(21(19)26-15-27-22)18-6-2-1-3-7-18/h1-3,6-7,9-12,14-15,20H,4-5,8,13H2. The molecule has 1 aliphatic heterocycles. The van der Waals surface area contributed by atoms with Crippen molar-refractivity contribution in [1.29, 1.82) is 0 Å². The molecule has 0 N–H and O–H groups in total. The number of hydrogen-bond acceptors (Lipinski definition) is 6. The summed E-state index contributed by atoms with van der Waals surface area (Å²) >= 11 is 1.33. The molecule has 0 spiro atoms. The van der Waals surface area contributed by atoms with Crippen LogP contribution in [0.25, 0.3) is 16.7 Å². The molecule has 0 saturated carbocycles. The summed E-state index contributed by atoms with van der Waals surface area (Å²) < 4.78 is 15.0. The number of para-hydroxylation sites is 1. The van der Waals surface area contributed by atoms with Crippen LogP contribution in [0, 0.1) is 5.82 Å². The molecule has 2 aromatic heterocycles. The lowest BCUT2D eigenvalue weighted by Gasteiger charge is -2.22. The molecule has 0 radical (unpaired) electrons. The fourth-order valence-electron chi connectivity index (χ4n) is 3.88. The summed E-state index contributed by atoms with van der Waals surface area (Å²) in [6, 6.07) is 14.9. The number of carbonyl (C=O) groups excluding carboxylic acids is 2. The normalized spacial score (nSPS) is 16.7. The number of halogens is 1. The molecular weight excluding hydrogens is 441 g/mol. The highest BCUT2D eigenvalue weighted by Gasteiger charge is 2.33. The van der Waals surface area contributed by atoms with Crippen LogP contribution in [0.4, 0.5) is 4.39 Å². The van der Waals surface area contributed by atoms with E-state index in [0.29, 0.717) is 29.2 Å². The first kappa shape index (κ1) is 21.3. The summed E-state index contributed by atoms with van der Waals surface area (Å²) in [4.78, 5) is 36.4. The van der Waals surface area contributed by atoms with Gasteiger partial charge in [0.15, 0.2) is 5.65 Å². The number of fused-ring (bicyclic) bond motifs is 1. The first-order valence-corrected chi connectivity index (χ1v) is 11.5. The van der Waals surface area contributed by atoms with E-state index in [1.165, 1.54) is 47.3 Å². The van der Waals surface area contributed by atoms with Gasteiger partial charge in [0, 0.05) is 12.1 Å². The van der Waals surface area contributed by atoms with Crippen LogP contribution in [0.1, 0.15) is 29.6 Å². The molecule has 4 aromatic rings. The number of thioether (sulfide) groups is 1. The molecule has 7 nitrogen and oxygen atoms in total.